The molecule has 0 bridgehead atoms. The zero-order valence-electron chi connectivity index (χ0n) is 15.7. The number of piperidine rings is 1. The molecular formula is C22H28N2O2. The monoisotopic (exact) mass is 352 g/mol. The van der Waals surface area contributed by atoms with Crippen LogP contribution in [0.4, 0.5) is 0 Å². The molecule has 1 aliphatic heterocycles. The maximum absolute atomic E-state index is 12.8. The fraction of sp³-hybridized carbons (Fsp3) is 0.409. The molecule has 0 spiro atoms. The highest BCUT2D eigenvalue weighted by Gasteiger charge is 2.26. The van der Waals surface area contributed by atoms with Gasteiger partial charge in [-0.2, -0.15) is 0 Å². The van der Waals surface area contributed by atoms with E-state index < -0.39 is 0 Å². The van der Waals surface area contributed by atoms with E-state index in [1.54, 1.807) is 18.2 Å². The van der Waals surface area contributed by atoms with Crippen LogP contribution >= 0.6 is 0 Å². The number of hydrogen-bond acceptors (Lipinski definition) is 3. The van der Waals surface area contributed by atoms with Crippen LogP contribution in [0.3, 0.4) is 0 Å². The van der Waals surface area contributed by atoms with Crippen molar-refractivity contribution in [1.82, 2.24) is 9.80 Å². The number of aromatic hydroxyl groups is 1. The molecule has 0 aromatic heterocycles. The Hall–Kier alpha value is -2.33. The molecule has 138 valence electrons. The number of nitrogens with zero attached hydrogens (tertiary/aromatic N) is 2. The number of phenolic OH excluding ortho intramolecular Hbond substituents is 1. The molecule has 1 N–H and O–H groups in total. The van der Waals surface area contributed by atoms with Gasteiger partial charge in [0.05, 0.1) is 0 Å². The minimum Gasteiger partial charge on any atom is -0.508 e. The number of carbonyl (C=O) groups is 1. The molecule has 4 nitrogen and oxygen atoms in total. The van der Waals surface area contributed by atoms with Crippen molar-refractivity contribution < 1.29 is 9.90 Å². The summed E-state index contributed by atoms with van der Waals surface area (Å²) in [4.78, 5) is 17.2. The summed E-state index contributed by atoms with van der Waals surface area (Å²) in [6.07, 6.45) is 3.19. The Bertz CT molecular complexity index is 745. The molecule has 0 saturated carbocycles. The molecule has 1 saturated heterocycles. The molecule has 1 amide bonds. The highest BCUT2D eigenvalue weighted by Crippen LogP contribution is 2.21. The van der Waals surface area contributed by atoms with E-state index in [0.29, 0.717) is 11.6 Å². The first-order valence-corrected chi connectivity index (χ1v) is 9.37. The van der Waals surface area contributed by atoms with Gasteiger partial charge in [-0.15, -0.1) is 0 Å². The number of aryl methyl sites for hydroxylation is 1. The molecule has 1 aliphatic rings. The quantitative estimate of drug-likeness (QED) is 0.896. The van der Waals surface area contributed by atoms with Crippen LogP contribution < -0.4 is 0 Å². The van der Waals surface area contributed by atoms with E-state index in [1.807, 2.05) is 17.9 Å². The van der Waals surface area contributed by atoms with Gasteiger partial charge in [-0.3, -0.25) is 4.79 Å². The molecule has 1 fully saturated rings. The third kappa shape index (κ3) is 4.44. The van der Waals surface area contributed by atoms with Gasteiger partial charge in [0.2, 0.25) is 0 Å². The Morgan fingerprint density at radius 3 is 2.73 bits per heavy atom. The van der Waals surface area contributed by atoms with Crippen LogP contribution in [0.5, 0.6) is 5.75 Å². The van der Waals surface area contributed by atoms with E-state index >= 15 is 0 Å². The lowest BCUT2D eigenvalue weighted by Gasteiger charge is -2.37. The summed E-state index contributed by atoms with van der Waals surface area (Å²) < 4.78 is 0. The van der Waals surface area contributed by atoms with Crippen LogP contribution in [0.1, 0.15) is 34.3 Å². The third-order valence-corrected chi connectivity index (χ3v) is 5.35. The minimum absolute atomic E-state index is 0.0641. The SMILES string of the molecule is Cc1cc(C(=O)N2CCC[C@H](N(C)CCc3ccccc3)C2)ccc1O. The lowest BCUT2D eigenvalue weighted by molar-refractivity contribution is 0.0611. The number of rotatable bonds is 5. The van der Waals surface area contributed by atoms with Crippen molar-refractivity contribution in [2.24, 2.45) is 0 Å². The molecule has 3 rings (SSSR count). The van der Waals surface area contributed by atoms with E-state index in [4.69, 9.17) is 0 Å². The number of hydrogen-bond donors (Lipinski definition) is 1. The average molecular weight is 352 g/mol. The zero-order valence-corrected chi connectivity index (χ0v) is 15.7. The fourth-order valence-electron chi connectivity index (χ4n) is 3.60. The molecule has 4 heteroatoms. The van der Waals surface area contributed by atoms with Gasteiger partial charge in [-0.05, 0) is 62.6 Å². The maximum Gasteiger partial charge on any atom is 0.253 e. The highest BCUT2D eigenvalue weighted by molar-refractivity contribution is 5.94. The van der Waals surface area contributed by atoms with Crippen LogP contribution in [-0.4, -0.2) is 53.5 Å². The summed E-state index contributed by atoms with van der Waals surface area (Å²) in [7, 11) is 2.16. The van der Waals surface area contributed by atoms with Crippen molar-refractivity contribution in [3.63, 3.8) is 0 Å². The van der Waals surface area contributed by atoms with E-state index in [0.717, 1.165) is 44.5 Å². The number of amides is 1. The second kappa shape index (κ2) is 8.37. The Morgan fingerprint density at radius 2 is 2.00 bits per heavy atom. The topological polar surface area (TPSA) is 43.8 Å². The summed E-state index contributed by atoms with van der Waals surface area (Å²) in [5.74, 6) is 0.299. The van der Waals surface area contributed by atoms with Gasteiger partial charge in [0.15, 0.2) is 0 Å². The van der Waals surface area contributed by atoms with Gasteiger partial charge in [0, 0.05) is 31.2 Å². The molecule has 1 heterocycles. The summed E-state index contributed by atoms with van der Waals surface area (Å²) in [5.41, 5.74) is 2.75. The molecule has 2 aromatic carbocycles. The molecule has 2 aromatic rings. The first-order chi connectivity index (χ1) is 12.5. The molecule has 0 unspecified atom stereocenters. The smallest absolute Gasteiger partial charge is 0.253 e. The van der Waals surface area contributed by atoms with Crippen molar-refractivity contribution in [1.29, 1.82) is 0 Å². The first-order valence-electron chi connectivity index (χ1n) is 9.37. The number of likely N-dealkylation sites (N-methyl/N-ethyl adjacent to an activating group) is 1. The third-order valence-electron chi connectivity index (χ3n) is 5.35. The Kier molecular flexibility index (Phi) is 5.94. The maximum atomic E-state index is 12.8. The van der Waals surface area contributed by atoms with Crippen molar-refractivity contribution in [3.8, 4) is 5.75 Å². The summed E-state index contributed by atoms with van der Waals surface area (Å²) in [6.45, 7) is 4.39. The largest absolute Gasteiger partial charge is 0.508 e. The van der Waals surface area contributed by atoms with E-state index in [-0.39, 0.29) is 11.7 Å². The molecular weight excluding hydrogens is 324 g/mol. The standard InChI is InChI=1S/C22H28N2O2/c1-17-15-19(10-11-21(17)25)22(26)24-13-6-9-20(16-24)23(2)14-12-18-7-4-3-5-8-18/h3-5,7-8,10-11,15,20,25H,6,9,12-14,16H2,1-2H3/t20-/m0/s1. The highest BCUT2D eigenvalue weighted by atomic mass is 16.3. The predicted octanol–water partition coefficient (Wildman–Crippen LogP) is 3.48. The lowest BCUT2D eigenvalue weighted by atomic mass is 10.0. The predicted molar refractivity (Wildman–Crippen MR) is 105 cm³/mol. The van der Waals surface area contributed by atoms with Crippen LogP contribution in [0.25, 0.3) is 0 Å². The summed E-state index contributed by atoms with van der Waals surface area (Å²) in [6, 6.07) is 16.0. The van der Waals surface area contributed by atoms with E-state index in [1.165, 1.54) is 5.56 Å². The molecule has 0 radical (unpaired) electrons. The van der Waals surface area contributed by atoms with Crippen molar-refractivity contribution in [3.05, 3.63) is 65.2 Å². The summed E-state index contributed by atoms with van der Waals surface area (Å²) in [5, 5.41) is 9.67. The molecule has 1 atom stereocenters. The second-order valence-electron chi connectivity index (χ2n) is 7.26. The van der Waals surface area contributed by atoms with Crippen molar-refractivity contribution >= 4 is 5.91 Å². The first kappa shape index (κ1) is 18.5. The number of phenols is 1. The molecule has 26 heavy (non-hydrogen) atoms. The van der Waals surface area contributed by atoms with Gasteiger partial charge in [0.1, 0.15) is 5.75 Å². The fourth-order valence-corrected chi connectivity index (χ4v) is 3.60. The zero-order chi connectivity index (χ0) is 18.5. The van der Waals surface area contributed by atoms with Crippen LogP contribution in [0, 0.1) is 6.92 Å². The minimum atomic E-state index is 0.0641. The van der Waals surface area contributed by atoms with Gasteiger partial charge < -0.3 is 14.9 Å². The lowest BCUT2D eigenvalue weighted by Crippen LogP contribution is -2.49. The number of carbonyl (C=O) groups excluding carboxylic acids is 1. The number of likely N-dealkylation sites (tertiary alicyclic amines) is 1. The van der Waals surface area contributed by atoms with Gasteiger partial charge in [-0.1, -0.05) is 30.3 Å². The van der Waals surface area contributed by atoms with Crippen molar-refractivity contribution in [2.75, 3.05) is 26.7 Å². The number of benzene rings is 2. The van der Waals surface area contributed by atoms with Crippen LogP contribution in [0.15, 0.2) is 48.5 Å². The van der Waals surface area contributed by atoms with Crippen molar-refractivity contribution in [2.45, 2.75) is 32.2 Å². The molecule has 0 aliphatic carbocycles. The van der Waals surface area contributed by atoms with E-state index in [2.05, 4.69) is 36.2 Å². The Labute approximate surface area is 156 Å². The second-order valence-corrected chi connectivity index (χ2v) is 7.26. The van der Waals surface area contributed by atoms with Crippen LogP contribution in [-0.2, 0) is 6.42 Å². The Morgan fingerprint density at radius 1 is 1.23 bits per heavy atom. The average Bonchev–Trinajstić information content (AvgIpc) is 2.68. The van der Waals surface area contributed by atoms with E-state index in [9.17, 15) is 9.90 Å². The summed E-state index contributed by atoms with van der Waals surface area (Å²) >= 11 is 0. The Balaban J connectivity index is 1.59. The van der Waals surface area contributed by atoms with Gasteiger partial charge in [-0.25, -0.2) is 0 Å². The normalized spacial score (nSPS) is 17.5. The van der Waals surface area contributed by atoms with Gasteiger partial charge in [0.25, 0.3) is 5.91 Å². The van der Waals surface area contributed by atoms with Crippen LogP contribution in [0.2, 0.25) is 0 Å². The van der Waals surface area contributed by atoms with Gasteiger partial charge >= 0.3 is 0 Å².